The molecule has 0 aliphatic carbocycles. The molecule has 240 valence electrons. The largest absolute Gasteiger partial charge is 0.507 e. The molecule has 0 bridgehead atoms. The summed E-state index contributed by atoms with van der Waals surface area (Å²) in [5.74, 6) is -3.69. The predicted molar refractivity (Wildman–Crippen MR) is 145 cm³/mol. The molecule has 2 aromatic carbocycles. The summed E-state index contributed by atoms with van der Waals surface area (Å²) in [6, 6.07) is 4.38. The Bertz CT molecular complexity index is 1570. The highest BCUT2D eigenvalue weighted by molar-refractivity contribution is 5.88. The first-order chi connectivity index (χ1) is 20.7. The molecule has 2 aliphatic heterocycles. The van der Waals surface area contributed by atoms with Gasteiger partial charge in [0, 0.05) is 17.7 Å². The van der Waals surface area contributed by atoms with E-state index in [1.807, 2.05) is 0 Å². The lowest BCUT2D eigenvalue weighted by molar-refractivity contribution is -0.268. The number of hydrogen-bond acceptors (Lipinski definition) is 16. The summed E-state index contributed by atoms with van der Waals surface area (Å²) in [7, 11) is 1.31. The molecule has 2 saturated heterocycles. The monoisotopic (exact) mass is 624 g/mol. The van der Waals surface area contributed by atoms with Crippen LogP contribution in [-0.4, -0.2) is 114 Å². The van der Waals surface area contributed by atoms with Gasteiger partial charge in [-0.2, -0.15) is 0 Å². The topological polar surface area (TPSA) is 258 Å². The molecule has 2 aliphatic rings. The van der Waals surface area contributed by atoms with E-state index < -0.39 is 101 Å². The molecule has 44 heavy (non-hydrogen) atoms. The van der Waals surface area contributed by atoms with Gasteiger partial charge in [-0.1, -0.05) is 0 Å². The number of aliphatic hydroxyl groups excluding tert-OH is 6. The van der Waals surface area contributed by atoms with Crippen LogP contribution in [0.15, 0.2) is 33.5 Å². The molecular formula is C28H32O16. The number of aliphatic hydroxyl groups is 6. The maximum atomic E-state index is 13.7. The second-order valence-electron chi connectivity index (χ2n) is 10.6. The molecule has 0 spiro atoms. The lowest BCUT2D eigenvalue weighted by Gasteiger charge is -2.39. The lowest BCUT2D eigenvalue weighted by Crippen LogP contribution is -2.58. The fourth-order valence-corrected chi connectivity index (χ4v) is 4.98. The SMILES string of the molecule is COc1cc(O)c2c(=O)c(O[C@@H]3OC(C)[C@H](O)C(O)[C@@H]3O)c(-c3cc(O)c(O[C@@H]4OC(C)[C@H](O)[C@@H](O)C4O)c(O)c3)oc2c1. The average molecular weight is 625 g/mol. The molecule has 0 radical (unpaired) electrons. The van der Waals surface area contributed by atoms with Crippen molar-refractivity contribution in [2.45, 2.75) is 75.3 Å². The van der Waals surface area contributed by atoms with Crippen molar-refractivity contribution < 1.29 is 74.1 Å². The molecule has 2 fully saturated rings. The van der Waals surface area contributed by atoms with Gasteiger partial charge in [0.2, 0.25) is 29.5 Å². The first-order valence-corrected chi connectivity index (χ1v) is 13.4. The van der Waals surface area contributed by atoms with Gasteiger partial charge in [-0.05, 0) is 26.0 Å². The maximum absolute atomic E-state index is 13.7. The molecule has 3 aromatic rings. The van der Waals surface area contributed by atoms with Gasteiger partial charge < -0.3 is 74.1 Å². The number of hydrogen-bond donors (Lipinski definition) is 9. The molecule has 1 aromatic heterocycles. The Morgan fingerprint density at radius 1 is 0.659 bits per heavy atom. The number of fused-ring (bicyclic) bond motifs is 1. The minimum absolute atomic E-state index is 0.108. The smallest absolute Gasteiger partial charge is 0.239 e. The molecule has 9 N–H and O–H groups in total. The van der Waals surface area contributed by atoms with Crippen molar-refractivity contribution >= 4 is 11.0 Å². The third-order valence-electron chi connectivity index (χ3n) is 7.54. The first-order valence-electron chi connectivity index (χ1n) is 13.4. The van der Waals surface area contributed by atoms with Crippen molar-refractivity contribution in [1.82, 2.24) is 0 Å². The number of phenolic OH excluding ortho intramolecular Hbond substituents is 3. The average Bonchev–Trinajstić information content (AvgIpc) is 2.98. The zero-order chi connectivity index (χ0) is 32.2. The van der Waals surface area contributed by atoms with E-state index in [-0.39, 0.29) is 22.3 Å². The van der Waals surface area contributed by atoms with Gasteiger partial charge in [0.1, 0.15) is 59.1 Å². The number of phenols is 3. The van der Waals surface area contributed by atoms with Crippen LogP contribution >= 0.6 is 0 Å². The van der Waals surface area contributed by atoms with Crippen LogP contribution in [0.1, 0.15) is 13.8 Å². The van der Waals surface area contributed by atoms with Crippen molar-refractivity contribution in [3.63, 3.8) is 0 Å². The molecule has 10 atom stereocenters. The Kier molecular flexibility index (Phi) is 8.54. The van der Waals surface area contributed by atoms with Crippen molar-refractivity contribution in [3.8, 4) is 45.8 Å². The van der Waals surface area contributed by atoms with Crippen molar-refractivity contribution in [1.29, 1.82) is 0 Å². The summed E-state index contributed by atoms with van der Waals surface area (Å²) in [5.41, 5.74) is -1.38. The molecular weight excluding hydrogens is 592 g/mol. The van der Waals surface area contributed by atoms with Crippen LogP contribution in [0.25, 0.3) is 22.3 Å². The van der Waals surface area contributed by atoms with Crippen LogP contribution in [0.5, 0.6) is 34.5 Å². The number of ether oxygens (including phenoxy) is 5. The molecule has 3 heterocycles. The van der Waals surface area contributed by atoms with E-state index in [2.05, 4.69) is 0 Å². The van der Waals surface area contributed by atoms with Gasteiger partial charge >= 0.3 is 0 Å². The van der Waals surface area contributed by atoms with Crippen LogP contribution in [0.2, 0.25) is 0 Å². The van der Waals surface area contributed by atoms with Crippen molar-refractivity contribution in [2.24, 2.45) is 0 Å². The van der Waals surface area contributed by atoms with Gasteiger partial charge in [-0.15, -0.1) is 0 Å². The standard InChI is InChI=1S/C28H32O16/c1-8-17(32)20(35)22(37)27(40-8)43-25-13(30)4-10(5-14(25)31)24-26(44-28-23(38)21(36)18(33)9(2)41-28)19(34)16-12(29)6-11(39-3)7-15(16)42-24/h4-9,17-18,20-23,27-33,35-38H,1-3H3/t8?,9?,17-,18-,20+,21?,22?,23-,27-,28-/m0/s1. The van der Waals surface area contributed by atoms with E-state index in [0.29, 0.717) is 0 Å². The molecule has 0 amide bonds. The van der Waals surface area contributed by atoms with Crippen molar-refractivity contribution in [2.75, 3.05) is 7.11 Å². The second-order valence-corrected chi connectivity index (χ2v) is 10.6. The molecule has 4 unspecified atom stereocenters. The predicted octanol–water partition coefficient (Wildman–Crippen LogP) is -1.00. The van der Waals surface area contributed by atoms with Gasteiger partial charge in [0.05, 0.1) is 19.3 Å². The number of aromatic hydroxyl groups is 3. The zero-order valence-electron chi connectivity index (χ0n) is 23.5. The van der Waals surface area contributed by atoms with E-state index in [1.54, 1.807) is 0 Å². The van der Waals surface area contributed by atoms with Gasteiger partial charge in [0.15, 0.2) is 17.3 Å². The number of methoxy groups -OCH3 is 1. The van der Waals surface area contributed by atoms with E-state index in [4.69, 9.17) is 28.1 Å². The summed E-state index contributed by atoms with van der Waals surface area (Å²) in [6.45, 7) is 2.79. The second kappa shape index (κ2) is 11.9. The Labute approximate surface area is 248 Å². The Balaban J connectivity index is 1.61. The van der Waals surface area contributed by atoms with Crippen molar-refractivity contribution in [3.05, 3.63) is 34.5 Å². The minimum atomic E-state index is -1.84. The van der Waals surface area contributed by atoms with Gasteiger partial charge in [-0.3, -0.25) is 4.79 Å². The summed E-state index contributed by atoms with van der Waals surface area (Å²) in [6.07, 6.45) is -15.3. The molecule has 0 saturated carbocycles. The zero-order valence-corrected chi connectivity index (χ0v) is 23.5. The fourth-order valence-electron chi connectivity index (χ4n) is 4.98. The third-order valence-corrected chi connectivity index (χ3v) is 7.54. The molecule has 5 rings (SSSR count). The highest BCUT2D eigenvalue weighted by atomic mass is 16.7. The van der Waals surface area contributed by atoms with E-state index >= 15 is 0 Å². The van der Waals surface area contributed by atoms with Crippen LogP contribution in [0.4, 0.5) is 0 Å². The molecule has 16 heteroatoms. The van der Waals surface area contributed by atoms with E-state index in [0.717, 1.165) is 18.2 Å². The Hall–Kier alpha value is -3.87. The number of benzene rings is 2. The van der Waals surface area contributed by atoms with Gasteiger partial charge in [0.25, 0.3) is 0 Å². The highest BCUT2D eigenvalue weighted by Crippen LogP contribution is 2.45. The van der Waals surface area contributed by atoms with Gasteiger partial charge in [-0.25, -0.2) is 0 Å². The van der Waals surface area contributed by atoms with Crippen LogP contribution in [-0.2, 0) is 9.47 Å². The quantitative estimate of drug-likeness (QED) is 0.159. The normalized spacial score (nSPS) is 32.4. The first kappa shape index (κ1) is 31.6. The van der Waals surface area contributed by atoms with Crippen LogP contribution in [0.3, 0.4) is 0 Å². The van der Waals surface area contributed by atoms with Crippen LogP contribution < -0.4 is 19.6 Å². The molecule has 16 nitrogen and oxygen atoms in total. The Morgan fingerprint density at radius 3 is 1.66 bits per heavy atom. The van der Waals surface area contributed by atoms with Crippen LogP contribution in [0, 0.1) is 0 Å². The fraction of sp³-hybridized carbons (Fsp3) is 0.464. The summed E-state index contributed by atoms with van der Waals surface area (Å²) < 4.78 is 32.9. The Morgan fingerprint density at radius 2 is 1.16 bits per heavy atom. The van der Waals surface area contributed by atoms with E-state index in [9.17, 15) is 50.8 Å². The van der Waals surface area contributed by atoms with E-state index in [1.165, 1.54) is 27.0 Å². The minimum Gasteiger partial charge on any atom is -0.507 e. The highest BCUT2D eigenvalue weighted by Gasteiger charge is 2.45. The third kappa shape index (κ3) is 5.46. The summed E-state index contributed by atoms with van der Waals surface area (Å²) >= 11 is 0. The lowest BCUT2D eigenvalue weighted by atomic mass is 10.00. The summed E-state index contributed by atoms with van der Waals surface area (Å²) in [4.78, 5) is 13.7. The maximum Gasteiger partial charge on any atom is 0.239 e. The number of rotatable bonds is 6. The summed E-state index contributed by atoms with van der Waals surface area (Å²) in [5, 5.41) is 92.9.